The zero-order chi connectivity index (χ0) is 27.1. The molecule has 0 saturated heterocycles. The lowest BCUT2D eigenvalue weighted by molar-refractivity contribution is -0.121. The van der Waals surface area contributed by atoms with Crippen LogP contribution in [0.3, 0.4) is 0 Å². The van der Waals surface area contributed by atoms with Crippen molar-refractivity contribution in [1.82, 2.24) is 10.3 Å². The summed E-state index contributed by atoms with van der Waals surface area (Å²) in [5.74, 6) is 0.690. The van der Waals surface area contributed by atoms with Gasteiger partial charge >= 0.3 is 10.3 Å². The molecule has 1 aliphatic rings. The maximum Gasteiger partial charge on any atom is 0.357 e. The normalized spacial score (nSPS) is 13.8. The number of aryl methyl sites for hydroxylation is 1. The van der Waals surface area contributed by atoms with Gasteiger partial charge in [-0.3, -0.25) is 18.9 Å². The molecule has 0 spiro atoms. The van der Waals surface area contributed by atoms with Crippen molar-refractivity contribution in [2.45, 2.75) is 45.1 Å². The van der Waals surface area contributed by atoms with Gasteiger partial charge in [0.1, 0.15) is 5.01 Å². The largest absolute Gasteiger partial charge is 0.490 e. The summed E-state index contributed by atoms with van der Waals surface area (Å²) in [5.41, 5.74) is 2.42. The van der Waals surface area contributed by atoms with Crippen molar-refractivity contribution in [3.63, 3.8) is 0 Å². The predicted octanol–water partition coefficient (Wildman–Crippen LogP) is 4.14. The van der Waals surface area contributed by atoms with Crippen LogP contribution in [-0.2, 0) is 27.9 Å². The maximum atomic E-state index is 12.9. The minimum absolute atomic E-state index is 0.00695. The summed E-state index contributed by atoms with van der Waals surface area (Å²) in [5, 5.41) is 5.68. The van der Waals surface area contributed by atoms with Gasteiger partial charge in [0.25, 0.3) is 0 Å². The number of rotatable bonds is 11. The van der Waals surface area contributed by atoms with Crippen molar-refractivity contribution in [2.24, 2.45) is 0 Å². The van der Waals surface area contributed by atoms with E-state index in [4.69, 9.17) is 14.0 Å². The smallest absolute Gasteiger partial charge is 0.357 e. The highest BCUT2D eigenvalue weighted by Gasteiger charge is 2.21. The molecule has 1 atom stereocenters. The molecule has 3 aromatic rings. The molecule has 1 aromatic heterocycles. The van der Waals surface area contributed by atoms with Gasteiger partial charge in [-0.1, -0.05) is 19.1 Å². The Balaban J connectivity index is 1.40. The van der Waals surface area contributed by atoms with E-state index in [1.807, 2.05) is 17.0 Å². The molecular formula is C26H29N3O7S2. The summed E-state index contributed by atoms with van der Waals surface area (Å²) >= 11 is 1.45. The molecule has 2 aromatic carbocycles. The Labute approximate surface area is 225 Å². The van der Waals surface area contributed by atoms with Crippen LogP contribution < -0.4 is 19.5 Å². The van der Waals surface area contributed by atoms with Crippen molar-refractivity contribution in [3.8, 4) is 11.5 Å². The van der Waals surface area contributed by atoms with Gasteiger partial charge in [-0.05, 0) is 48.7 Å². The molecule has 38 heavy (non-hydrogen) atoms. The summed E-state index contributed by atoms with van der Waals surface area (Å²) in [6, 6.07) is 11.1. The SMILES string of the molecule is CCc1csc(C(Cc2ccc(NS(=O)(=O)O)cc2)NC(=O)CCC(=O)c2ccc3c(c2)OCCCO3)n1. The van der Waals surface area contributed by atoms with Crippen molar-refractivity contribution in [1.29, 1.82) is 0 Å². The van der Waals surface area contributed by atoms with Gasteiger partial charge in [-0.15, -0.1) is 11.3 Å². The van der Waals surface area contributed by atoms with Crippen molar-refractivity contribution >= 4 is 39.0 Å². The highest BCUT2D eigenvalue weighted by Crippen LogP contribution is 2.31. The number of nitrogens with zero attached hydrogens (tertiary/aromatic N) is 1. The fraction of sp³-hybridized carbons (Fsp3) is 0.346. The van der Waals surface area contributed by atoms with Gasteiger partial charge in [-0.2, -0.15) is 8.42 Å². The fourth-order valence-corrected chi connectivity index (χ4v) is 5.30. The molecule has 10 nitrogen and oxygen atoms in total. The topological polar surface area (TPSA) is 144 Å². The molecule has 1 amide bonds. The van der Waals surface area contributed by atoms with Crippen LogP contribution >= 0.6 is 11.3 Å². The Bertz CT molecular complexity index is 1390. The highest BCUT2D eigenvalue weighted by atomic mass is 32.2. The predicted molar refractivity (Wildman–Crippen MR) is 143 cm³/mol. The zero-order valence-corrected chi connectivity index (χ0v) is 22.4. The van der Waals surface area contributed by atoms with Gasteiger partial charge in [0.15, 0.2) is 17.3 Å². The number of benzene rings is 2. The maximum absolute atomic E-state index is 12.9. The van der Waals surface area contributed by atoms with Gasteiger partial charge in [0.05, 0.1) is 30.6 Å². The van der Waals surface area contributed by atoms with Crippen LogP contribution in [0.1, 0.15) is 58.9 Å². The van der Waals surface area contributed by atoms with E-state index >= 15 is 0 Å². The zero-order valence-electron chi connectivity index (χ0n) is 20.8. The van der Waals surface area contributed by atoms with Gasteiger partial charge in [-0.25, -0.2) is 4.98 Å². The number of anilines is 1. The van der Waals surface area contributed by atoms with Gasteiger partial charge in [0.2, 0.25) is 5.91 Å². The van der Waals surface area contributed by atoms with Gasteiger partial charge < -0.3 is 14.8 Å². The van der Waals surface area contributed by atoms with Crippen molar-refractivity contribution < 1.29 is 32.0 Å². The molecule has 0 radical (unpaired) electrons. The van der Waals surface area contributed by atoms with Crippen LogP contribution in [0.25, 0.3) is 0 Å². The van der Waals surface area contributed by atoms with E-state index in [9.17, 15) is 18.0 Å². The molecule has 1 unspecified atom stereocenters. The van der Waals surface area contributed by atoms with Crippen LogP contribution in [0.15, 0.2) is 47.8 Å². The monoisotopic (exact) mass is 559 g/mol. The highest BCUT2D eigenvalue weighted by molar-refractivity contribution is 7.87. The Morgan fingerprint density at radius 3 is 2.50 bits per heavy atom. The van der Waals surface area contributed by atoms with E-state index in [0.29, 0.717) is 36.7 Å². The number of thiazole rings is 1. The first kappa shape index (κ1) is 27.6. The van der Waals surface area contributed by atoms with Crippen LogP contribution in [0.5, 0.6) is 11.5 Å². The lowest BCUT2D eigenvalue weighted by atomic mass is 10.0. The molecule has 0 aliphatic carbocycles. The van der Waals surface area contributed by atoms with E-state index < -0.39 is 16.3 Å². The molecule has 202 valence electrons. The number of aromatic nitrogens is 1. The quantitative estimate of drug-likeness (QED) is 0.235. The summed E-state index contributed by atoms with van der Waals surface area (Å²) in [7, 11) is -4.37. The van der Waals surface area contributed by atoms with E-state index in [-0.39, 0.29) is 30.2 Å². The average Bonchev–Trinajstić information content (AvgIpc) is 3.25. The lowest BCUT2D eigenvalue weighted by Gasteiger charge is -2.17. The molecular weight excluding hydrogens is 530 g/mol. The molecule has 0 saturated carbocycles. The second-order valence-corrected chi connectivity index (χ2v) is 10.8. The number of carbonyl (C=O) groups excluding carboxylic acids is 2. The summed E-state index contributed by atoms with van der Waals surface area (Å²) in [4.78, 5) is 30.3. The Kier molecular flexibility index (Phi) is 8.97. The summed E-state index contributed by atoms with van der Waals surface area (Å²) < 4.78 is 44.3. The van der Waals surface area contributed by atoms with Gasteiger partial charge in [0, 0.05) is 30.2 Å². The van der Waals surface area contributed by atoms with Crippen molar-refractivity contribution in [3.05, 3.63) is 69.7 Å². The first-order valence-electron chi connectivity index (χ1n) is 12.2. The second kappa shape index (κ2) is 12.4. The Morgan fingerprint density at radius 2 is 1.82 bits per heavy atom. The number of hydrogen-bond donors (Lipinski definition) is 3. The number of ketones is 1. The minimum atomic E-state index is -4.37. The molecule has 0 bridgehead atoms. The Hall–Kier alpha value is -3.48. The molecule has 0 fully saturated rings. The molecule has 3 N–H and O–H groups in total. The van der Waals surface area contributed by atoms with Crippen LogP contribution in [0.4, 0.5) is 5.69 Å². The first-order chi connectivity index (χ1) is 18.2. The third-order valence-corrected chi connectivity index (χ3v) is 7.36. The number of carbonyl (C=O) groups is 2. The number of hydrogen-bond acceptors (Lipinski definition) is 8. The van der Waals surface area contributed by atoms with E-state index in [0.717, 1.165) is 29.1 Å². The molecule has 1 aliphatic heterocycles. The standard InChI is InChI=1S/C26H29N3O7S2/c1-2-19-16-37-26(27-19)21(14-17-4-7-20(8-5-17)29-38(32,33)34)28-25(31)11-9-22(30)18-6-10-23-24(15-18)36-13-3-12-35-23/h4-8,10,15-16,21,29H,2-3,9,11-14H2,1H3,(H,28,31)(H,32,33,34). The third-order valence-electron chi connectivity index (χ3n) is 5.85. The van der Waals surface area contributed by atoms with E-state index in [1.165, 1.54) is 23.5 Å². The number of Topliss-reactive ketones (excluding diaryl/α,β-unsaturated/α-hetero) is 1. The third kappa shape index (κ3) is 7.76. The molecule has 4 rings (SSSR count). The second-order valence-electron chi connectivity index (χ2n) is 8.76. The van der Waals surface area contributed by atoms with E-state index in [2.05, 4.69) is 10.3 Å². The van der Waals surface area contributed by atoms with Crippen LogP contribution in [-0.4, -0.2) is 42.9 Å². The van der Waals surface area contributed by atoms with Crippen molar-refractivity contribution in [2.75, 3.05) is 17.9 Å². The number of fused-ring (bicyclic) bond motifs is 1. The van der Waals surface area contributed by atoms with Crippen LogP contribution in [0.2, 0.25) is 0 Å². The number of ether oxygens (including phenoxy) is 2. The lowest BCUT2D eigenvalue weighted by Crippen LogP contribution is -2.30. The summed E-state index contributed by atoms with van der Waals surface area (Å²) in [6.45, 7) is 3.08. The molecule has 12 heteroatoms. The minimum Gasteiger partial charge on any atom is -0.490 e. The molecule has 2 heterocycles. The fourth-order valence-electron chi connectivity index (χ4n) is 3.91. The average molecular weight is 560 g/mol. The number of nitrogens with one attached hydrogen (secondary N) is 2. The van der Waals surface area contributed by atoms with E-state index in [1.54, 1.807) is 30.3 Å². The Morgan fingerprint density at radius 1 is 1.08 bits per heavy atom. The van der Waals surface area contributed by atoms with Crippen LogP contribution in [0, 0.1) is 0 Å². The summed E-state index contributed by atoms with van der Waals surface area (Å²) in [6.07, 6.45) is 1.98. The number of amides is 1. The first-order valence-corrected chi connectivity index (χ1v) is 14.5.